The fourth-order valence-corrected chi connectivity index (χ4v) is 2.22. The Hall–Kier alpha value is -1.26. The first-order valence-electron chi connectivity index (χ1n) is 5.99. The highest BCUT2D eigenvalue weighted by Crippen LogP contribution is 2.18. The minimum Gasteiger partial charge on any atom is -0.306 e. The van der Waals surface area contributed by atoms with E-state index in [0.29, 0.717) is 11.0 Å². The van der Waals surface area contributed by atoms with Crippen LogP contribution in [0.5, 0.6) is 0 Å². The molecule has 0 spiro atoms. The summed E-state index contributed by atoms with van der Waals surface area (Å²) >= 11 is 3.16. The average molecular weight is 326 g/mol. The fraction of sp³-hybridized carbons (Fsp3) is 0.200. The zero-order chi connectivity index (χ0) is 13.8. The van der Waals surface area contributed by atoms with Crippen LogP contribution < -0.4 is 5.32 Å². The minimum atomic E-state index is -0.268. The highest BCUT2D eigenvalue weighted by Gasteiger charge is 2.06. The summed E-state index contributed by atoms with van der Waals surface area (Å²) in [6.45, 7) is 2.63. The van der Waals surface area contributed by atoms with Crippen LogP contribution in [0.2, 0.25) is 0 Å². The highest BCUT2D eigenvalue weighted by molar-refractivity contribution is 9.10. The zero-order valence-corrected chi connectivity index (χ0v) is 12.0. The number of benzene rings is 2. The second-order valence-electron chi connectivity index (χ2n) is 4.40. The van der Waals surface area contributed by atoms with E-state index in [1.165, 1.54) is 18.2 Å². The Morgan fingerprint density at radius 3 is 2.42 bits per heavy atom. The van der Waals surface area contributed by atoms with Gasteiger partial charge in [0.05, 0.1) is 4.47 Å². The van der Waals surface area contributed by atoms with E-state index < -0.39 is 0 Å². The van der Waals surface area contributed by atoms with E-state index in [2.05, 4.69) is 21.2 Å². The van der Waals surface area contributed by atoms with E-state index in [4.69, 9.17) is 0 Å². The number of hydrogen-bond acceptors (Lipinski definition) is 1. The van der Waals surface area contributed by atoms with Gasteiger partial charge in [-0.25, -0.2) is 8.78 Å². The lowest BCUT2D eigenvalue weighted by atomic mass is 10.1. The highest BCUT2D eigenvalue weighted by atomic mass is 79.9. The monoisotopic (exact) mass is 325 g/mol. The lowest BCUT2D eigenvalue weighted by Gasteiger charge is -2.14. The third kappa shape index (κ3) is 3.85. The number of nitrogens with one attached hydrogen (secondary N) is 1. The summed E-state index contributed by atoms with van der Waals surface area (Å²) in [5, 5.41) is 3.32. The first kappa shape index (κ1) is 14.2. The topological polar surface area (TPSA) is 12.0 Å². The number of halogens is 3. The van der Waals surface area contributed by atoms with Crippen LogP contribution in [-0.2, 0) is 6.54 Å². The molecule has 0 radical (unpaired) electrons. The van der Waals surface area contributed by atoms with Gasteiger partial charge >= 0.3 is 0 Å². The third-order valence-corrected chi connectivity index (χ3v) is 3.57. The standard InChI is InChI=1S/C15H14BrF2N/c1-10(12-3-5-13(17)6-4-12)19-9-11-2-7-15(18)14(16)8-11/h2-8,10,19H,9H2,1H3/t10-/m0/s1. The predicted molar refractivity (Wildman–Crippen MR) is 75.8 cm³/mol. The molecule has 100 valence electrons. The maximum absolute atomic E-state index is 13.1. The maximum Gasteiger partial charge on any atom is 0.137 e. The zero-order valence-electron chi connectivity index (χ0n) is 10.5. The van der Waals surface area contributed by atoms with Crippen molar-refractivity contribution in [3.8, 4) is 0 Å². The molecule has 0 saturated heterocycles. The Morgan fingerprint density at radius 1 is 1.11 bits per heavy atom. The number of hydrogen-bond donors (Lipinski definition) is 1. The molecule has 0 fully saturated rings. The molecule has 0 saturated carbocycles. The second kappa shape index (κ2) is 6.26. The van der Waals surface area contributed by atoms with Crippen molar-refractivity contribution in [3.05, 3.63) is 69.7 Å². The summed E-state index contributed by atoms with van der Waals surface area (Å²) in [5.74, 6) is -0.506. The van der Waals surface area contributed by atoms with E-state index in [9.17, 15) is 8.78 Å². The molecular formula is C15H14BrF2N. The van der Waals surface area contributed by atoms with Gasteiger partial charge in [-0.15, -0.1) is 0 Å². The molecule has 1 atom stereocenters. The summed E-state index contributed by atoms with van der Waals surface area (Å²) in [6.07, 6.45) is 0. The van der Waals surface area contributed by atoms with E-state index in [1.54, 1.807) is 24.3 Å². The molecule has 2 rings (SSSR count). The largest absolute Gasteiger partial charge is 0.306 e. The van der Waals surface area contributed by atoms with Crippen molar-refractivity contribution >= 4 is 15.9 Å². The van der Waals surface area contributed by atoms with Crippen LogP contribution in [0.1, 0.15) is 24.1 Å². The summed E-state index contributed by atoms with van der Waals surface area (Å²) < 4.78 is 26.4. The van der Waals surface area contributed by atoms with Crippen molar-refractivity contribution in [1.82, 2.24) is 5.32 Å². The quantitative estimate of drug-likeness (QED) is 0.867. The summed E-state index contributed by atoms with van der Waals surface area (Å²) in [4.78, 5) is 0. The van der Waals surface area contributed by atoms with Gasteiger partial charge in [-0.1, -0.05) is 18.2 Å². The molecule has 1 N–H and O–H groups in total. The first-order chi connectivity index (χ1) is 9.06. The molecule has 4 heteroatoms. The molecule has 2 aromatic carbocycles. The van der Waals surface area contributed by atoms with Gasteiger partial charge in [-0.3, -0.25) is 0 Å². The minimum absolute atomic E-state index is 0.101. The van der Waals surface area contributed by atoms with E-state index in [1.807, 2.05) is 6.92 Å². The van der Waals surface area contributed by atoms with Gasteiger partial charge in [0.2, 0.25) is 0 Å². The summed E-state index contributed by atoms with van der Waals surface area (Å²) in [7, 11) is 0. The molecule has 0 bridgehead atoms. The van der Waals surface area contributed by atoms with E-state index in [-0.39, 0.29) is 17.7 Å². The molecule has 0 aromatic heterocycles. The lowest BCUT2D eigenvalue weighted by Crippen LogP contribution is -2.18. The van der Waals surface area contributed by atoms with E-state index in [0.717, 1.165) is 11.1 Å². The molecule has 2 aromatic rings. The Labute approximate surface area is 119 Å². The molecule has 0 aliphatic rings. The average Bonchev–Trinajstić information content (AvgIpc) is 2.40. The van der Waals surface area contributed by atoms with Crippen molar-refractivity contribution in [2.45, 2.75) is 19.5 Å². The normalized spacial score (nSPS) is 12.4. The number of rotatable bonds is 4. The van der Waals surface area contributed by atoms with Crippen LogP contribution >= 0.6 is 15.9 Å². The van der Waals surface area contributed by atoms with E-state index >= 15 is 0 Å². The fourth-order valence-electron chi connectivity index (χ4n) is 1.79. The molecule has 0 unspecified atom stereocenters. The molecular weight excluding hydrogens is 312 g/mol. The SMILES string of the molecule is C[C@H](NCc1ccc(F)c(Br)c1)c1ccc(F)cc1. The van der Waals surface area contributed by atoms with Crippen LogP contribution in [0.3, 0.4) is 0 Å². The molecule has 0 aliphatic carbocycles. The van der Waals surface area contributed by atoms with Gasteiger partial charge in [-0.2, -0.15) is 0 Å². The van der Waals surface area contributed by atoms with Crippen molar-refractivity contribution in [3.63, 3.8) is 0 Å². The molecule has 0 heterocycles. The molecule has 19 heavy (non-hydrogen) atoms. The Bertz CT molecular complexity index is 555. The van der Waals surface area contributed by atoms with Crippen LogP contribution in [0, 0.1) is 11.6 Å². The van der Waals surface area contributed by atoms with Gasteiger partial charge < -0.3 is 5.32 Å². The maximum atomic E-state index is 13.1. The molecule has 1 nitrogen and oxygen atoms in total. The predicted octanol–water partition coefficient (Wildman–Crippen LogP) is 4.58. The Kier molecular flexibility index (Phi) is 4.66. The summed E-state index contributed by atoms with van der Waals surface area (Å²) in [5.41, 5.74) is 2.00. The smallest absolute Gasteiger partial charge is 0.137 e. The summed E-state index contributed by atoms with van der Waals surface area (Å²) in [6, 6.07) is 11.4. The van der Waals surface area contributed by atoms with Crippen LogP contribution in [0.25, 0.3) is 0 Å². The van der Waals surface area contributed by atoms with Gasteiger partial charge in [-0.05, 0) is 58.2 Å². The van der Waals surface area contributed by atoms with Crippen molar-refractivity contribution in [2.24, 2.45) is 0 Å². The Balaban J connectivity index is 1.98. The molecule has 0 amide bonds. The van der Waals surface area contributed by atoms with Crippen LogP contribution in [0.4, 0.5) is 8.78 Å². The van der Waals surface area contributed by atoms with Gasteiger partial charge in [0.1, 0.15) is 11.6 Å². The van der Waals surface area contributed by atoms with Crippen molar-refractivity contribution in [1.29, 1.82) is 0 Å². The molecule has 0 aliphatic heterocycles. The van der Waals surface area contributed by atoms with Gasteiger partial charge in [0.25, 0.3) is 0 Å². The van der Waals surface area contributed by atoms with Gasteiger partial charge in [0, 0.05) is 12.6 Å². The van der Waals surface area contributed by atoms with Crippen LogP contribution in [0.15, 0.2) is 46.9 Å². The van der Waals surface area contributed by atoms with Crippen LogP contribution in [-0.4, -0.2) is 0 Å². The second-order valence-corrected chi connectivity index (χ2v) is 5.26. The Morgan fingerprint density at radius 2 is 1.79 bits per heavy atom. The van der Waals surface area contributed by atoms with Crippen molar-refractivity contribution in [2.75, 3.05) is 0 Å². The lowest BCUT2D eigenvalue weighted by molar-refractivity contribution is 0.569. The van der Waals surface area contributed by atoms with Crippen molar-refractivity contribution < 1.29 is 8.78 Å². The van der Waals surface area contributed by atoms with Gasteiger partial charge in [0.15, 0.2) is 0 Å². The third-order valence-electron chi connectivity index (χ3n) is 2.97. The first-order valence-corrected chi connectivity index (χ1v) is 6.78.